The average Bonchev–Trinajstić information content (AvgIpc) is 2.74. The van der Waals surface area contributed by atoms with Crippen molar-refractivity contribution in [3.63, 3.8) is 0 Å². The van der Waals surface area contributed by atoms with Crippen LogP contribution in [-0.2, 0) is 11.3 Å². The van der Waals surface area contributed by atoms with Crippen LogP contribution in [0.1, 0.15) is 22.3 Å². The minimum Gasteiger partial charge on any atom is -0.489 e. The Labute approximate surface area is 185 Å². The maximum Gasteiger partial charge on any atom is 0.134 e. The third-order valence-corrected chi connectivity index (χ3v) is 5.00. The van der Waals surface area contributed by atoms with Crippen LogP contribution in [-0.4, -0.2) is 0 Å². The van der Waals surface area contributed by atoms with E-state index in [2.05, 4.69) is 13.2 Å². The van der Waals surface area contributed by atoms with E-state index < -0.39 is 23.3 Å². The molecule has 0 aromatic heterocycles. The summed E-state index contributed by atoms with van der Waals surface area (Å²) in [7, 11) is 0. The zero-order chi connectivity index (χ0) is 23.4. The summed E-state index contributed by atoms with van der Waals surface area (Å²) in [6, 6.07) is 13.3. The van der Waals surface area contributed by atoms with Gasteiger partial charge in [0.1, 0.15) is 35.6 Å². The van der Waals surface area contributed by atoms with Gasteiger partial charge in [-0.3, -0.25) is 0 Å². The van der Waals surface area contributed by atoms with Gasteiger partial charge in [0.15, 0.2) is 0 Å². The number of rotatable bonds is 7. The first-order valence-corrected chi connectivity index (χ1v) is 9.85. The molecule has 3 aromatic rings. The Kier molecular flexibility index (Phi) is 6.98. The summed E-state index contributed by atoms with van der Waals surface area (Å²) < 4.78 is 62.2. The highest BCUT2D eigenvalue weighted by molar-refractivity contribution is 5.75. The Morgan fingerprint density at radius 3 is 2.28 bits per heavy atom. The number of allylic oxidation sites excluding steroid dienone is 3. The van der Waals surface area contributed by atoms with Gasteiger partial charge < -0.3 is 4.74 Å². The lowest BCUT2D eigenvalue weighted by Crippen LogP contribution is -1.97. The summed E-state index contributed by atoms with van der Waals surface area (Å²) in [4.78, 5) is 0. The second-order valence-electron chi connectivity index (χ2n) is 7.48. The second-order valence-corrected chi connectivity index (χ2v) is 7.48. The summed E-state index contributed by atoms with van der Waals surface area (Å²) in [5.41, 5.74) is 2.37. The molecule has 0 aliphatic carbocycles. The topological polar surface area (TPSA) is 9.23 Å². The fourth-order valence-electron chi connectivity index (χ4n) is 3.05. The Morgan fingerprint density at radius 1 is 0.875 bits per heavy atom. The Morgan fingerprint density at radius 2 is 1.62 bits per heavy atom. The number of halogens is 4. The quantitative estimate of drug-likeness (QED) is 0.206. The molecule has 0 amide bonds. The number of hydrogen-bond acceptors (Lipinski definition) is 1. The van der Waals surface area contributed by atoms with Crippen molar-refractivity contribution in [3.05, 3.63) is 125 Å². The molecule has 0 fully saturated rings. The molecule has 0 bridgehead atoms. The van der Waals surface area contributed by atoms with Crippen LogP contribution in [0.2, 0.25) is 0 Å². The molecular formula is C27H22F4O. The number of aryl methyl sites for hydroxylation is 2. The maximum atomic E-state index is 14.5. The van der Waals surface area contributed by atoms with Crippen molar-refractivity contribution in [3.8, 4) is 11.1 Å². The van der Waals surface area contributed by atoms with Crippen molar-refractivity contribution in [2.24, 2.45) is 0 Å². The largest absolute Gasteiger partial charge is 0.489 e. The van der Waals surface area contributed by atoms with E-state index >= 15 is 0 Å². The minimum atomic E-state index is -0.746. The van der Waals surface area contributed by atoms with Gasteiger partial charge in [-0.25, -0.2) is 17.6 Å². The van der Waals surface area contributed by atoms with Crippen LogP contribution < -0.4 is 0 Å². The molecule has 0 atom stereocenters. The Balaban J connectivity index is 1.67. The lowest BCUT2D eigenvalue weighted by atomic mass is 10.0. The molecule has 0 aliphatic heterocycles. The van der Waals surface area contributed by atoms with Gasteiger partial charge in [0.25, 0.3) is 0 Å². The van der Waals surface area contributed by atoms with Gasteiger partial charge in [-0.05, 0) is 54.3 Å². The predicted molar refractivity (Wildman–Crippen MR) is 120 cm³/mol. The number of hydrogen-bond donors (Lipinski definition) is 0. The monoisotopic (exact) mass is 438 g/mol. The van der Waals surface area contributed by atoms with Crippen LogP contribution in [0.15, 0.2) is 85.4 Å². The summed E-state index contributed by atoms with van der Waals surface area (Å²) in [5, 5.41) is 0. The van der Waals surface area contributed by atoms with Crippen molar-refractivity contribution < 1.29 is 22.3 Å². The van der Waals surface area contributed by atoms with Gasteiger partial charge in [-0.1, -0.05) is 49.6 Å². The number of benzene rings is 3. The van der Waals surface area contributed by atoms with E-state index in [1.807, 2.05) is 0 Å². The van der Waals surface area contributed by atoms with Crippen molar-refractivity contribution in [1.29, 1.82) is 0 Å². The molecule has 0 unspecified atom stereocenters. The zero-order valence-corrected chi connectivity index (χ0v) is 17.8. The molecule has 1 nitrogen and oxygen atoms in total. The van der Waals surface area contributed by atoms with Crippen LogP contribution >= 0.6 is 0 Å². The molecule has 3 aromatic carbocycles. The third-order valence-electron chi connectivity index (χ3n) is 5.00. The first-order valence-electron chi connectivity index (χ1n) is 9.85. The van der Waals surface area contributed by atoms with E-state index in [-0.39, 0.29) is 23.5 Å². The van der Waals surface area contributed by atoms with Gasteiger partial charge in [0.2, 0.25) is 0 Å². The lowest BCUT2D eigenvalue weighted by Gasteiger charge is -2.10. The normalized spacial score (nSPS) is 11.4. The Bertz CT molecular complexity index is 1220. The van der Waals surface area contributed by atoms with Gasteiger partial charge in [0, 0.05) is 22.8 Å². The van der Waals surface area contributed by atoms with Crippen molar-refractivity contribution >= 4 is 5.57 Å². The molecule has 0 heterocycles. The highest BCUT2D eigenvalue weighted by Crippen LogP contribution is 2.27. The summed E-state index contributed by atoms with van der Waals surface area (Å²) in [6.45, 7) is 10.4. The van der Waals surface area contributed by atoms with Crippen LogP contribution in [0.4, 0.5) is 17.6 Å². The average molecular weight is 438 g/mol. The summed E-state index contributed by atoms with van der Waals surface area (Å²) in [6.07, 6.45) is 1.01. The van der Waals surface area contributed by atoms with Gasteiger partial charge in [-0.2, -0.15) is 0 Å². The summed E-state index contributed by atoms with van der Waals surface area (Å²) in [5.74, 6) is -2.28. The van der Waals surface area contributed by atoms with Gasteiger partial charge >= 0.3 is 0 Å². The fourth-order valence-corrected chi connectivity index (χ4v) is 3.05. The summed E-state index contributed by atoms with van der Waals surface area (Å²) >= 11 is 0. The lowest BCUT2D eigenvalue weighted by molar-refractivity contribution is 0.208. The highest BCUT2D eigenvalue weighted by Gasteiger charge is 2.11. The SMILES string of the molecule is C=C(/C=C(/F)C(=C)c1ccc(C)c(F)c1)OCc1ccc(-c2ccc(C)cc2F)cc1F. The van der Waals surface area contributed by atoms with E-state index in [0.717, 1.165) is 11.6 Å². The molecule has 3 rings (SSSR count). The third kappa shape index (κ3) is 5.35. The van der Waals surface area contributed by atoms with E-state index in [1.165, 1.54) is 30.3 Å². The molecule has 164 valence electrons. The molecule has 0 saturated heterocycles. The van der Waals surface area contributed by atoms with Gasteiger partial charge in [-0.15, -0.1) is 0 Å². The fraction of sp³-hybridized carbons (Fsp3) is 0.111. The van der Waals surface area contributed by atoms with E-state index in [4.69, 9.17) is 4.74 Å². The Hall–Kier alpha value is -3.60. The standard InChI is InChI=1S/C27H22F4O/c1-16-5-10-23(27(31)11-16)21-8-9-22(26(30)14-21)15-32-18(3)12-25(29)19(4)20-7-6-17(2)24(28)13-20/h5-14H,3-4,15H2,1-2H3/b25-12+. The van der Waals surface area contributed by atoms with Crippen LogP contribution in [0, 0.1) is 31.3 Å². The molecule has 0 radical (unpaired) electrons. The van der Waals surface area contributed by atoms with Crippen LogP contribution in [0.25, 0.3) is 16.7 Å². The van der Waals surface area contributed by atoms with Gasteiger partial charge in [0.05, 0.1) is 0 Å². The molecule has 5 heteroatoms. The van der Waals surface area contributed by atoms with Crippen molar-refractivity contribution in [1.82, 2.24) is 0 Å². The molecule has 32 heavy (non-hydrogen) atoms. The number of ether oxygens (including phenoxy) is 1. The second kappa shape index (κ2) is 9.69. The molecule has 0 saturated carbocycles. The van der Waals surface area contributed by atoms with E-state index in [0.29, 0.717) is 22.3 Å². The zero-order valence-electron chi connectivity index (χ0n) is 17.8. The predicted octanol–water partition coefficient (Wildman–Crippen LogP) is 7.98. The van der Waals surface area contributed by atoms with Crippen LogP contribution in [0.3, 0.4) is 0 Å². The van der Waals surface area contributed by atoms with Crippen molar-refractivity contribution in [2.75, 3.05) is 0 Å². The molecule has 0 spiro atoms. The van der Waals surface area contributed by atoms with Crippen LogP contribution in [0.5, 0.6) is 0 Å². The van der Waals surface area contributed by atoms with Crippen molar-refractivity contribution in [2.45, 2.75) is 20.5 Å². The first-order chi connectivity index (χ1) is 15.2. The van der Waals surface area contributed by atoms with E-state index in [1.54, 1.807) is 38.1 Å². The molecule has 0 N–H and O–H groups in total. The van der Waals surface area contributed by atoms with E-state index in [9.17, 15) is 17.6 Å². The molecule has 0 aliphatic rings. The maximum absolute atomic E-state index is 14.5. The molecular weight excluding hydrogens is 416 g/mol. The highest BCUT2D eigenvalue weighted by atomic mass is 19.1. The first kappa shape index (κ1) is 23.1. The minimum absolute atomic E-state index is 0.0238. The smallest absolute Gasteiger partial charge is 0.134 e.